The van der Waals surface area contributed by atoms with Crippen LogP contribution in [0.15, 0.2) is 51.8 Å². The normalized spacial score (nSPS) is 13.6. The van der Waals surface area contributed by atoms with Crippen LogP contribution in [-0.4, -0.2) is 4.21 Å². The summed E-state index contributed by atoms with van der Waals surface area (Å²) in [5.74, 6) is 0. The van der Waals surface area contributed by atoms with Gasteiger partial charge < -0.3 is 4.72 Å². The van der Waals surface area contributed by atoms with Crippen LogP contribution >= 0.6 is 15.9 Å². The third-order valence-electron chi connectivity index (χ3n) is 2.89. The Morgan fingerprint density at radius 3 is 2.08 bits per heavy atom. The minimum atomic E-state index is -4.90. The molecule has 2 aromatic carbocycles. The fourth-order valence-electron chi connectivity index (χ4n) is 1.80. The maximum atomic E-state index is 13.0. The van der Waals surface area contributed by atoms with E-state index in [0.717, 1.165) is 0 Å². The van der Waals surface area contributed by atoms with E-state index in [-0.39, 0.29) is 11.0 Å². The molecule has 0 radical (unpaired) electrons. The van der Waals surface area contributed by atoms with E-state index in [2.05, 4.69) is 15.9 Å². The number of halogens is 7. The minimum Gasteiger partial charge on any atom is -0.300 e. The number of hydrogen-bond donors (Lipinski definition) is 1. The molecule has 0 fully saturated rings. The van der Waals surface area contributed by atoms with Crippen LogP contribution < -0.4 is 4.72 Å². The van der Waals surface area contributed by atoms with E-state index in [4.69, 9.17) is 0 Å². The molecule has 130 valence electrons. The topological polar surface area (TPSA) is 29.1 Å². The molecule has 0 saturated carbocycles. The molecule has 0 amide bonds. The van der Waals surface area contributed by atoms with Gasteiger partial charge in [-0.15, -0.1) is 0 Å². The van der Waals surface area contributed by atoms with Gasteiger partial charge in [0.1, 0.15) is 0 Å². The van der Waals surface area contributed by atoms with Crippen molar-refractivity contribution in [2.24, 2.45) is 0 Å². The first-order valence-electron chi connectivity index (χ1n) is 6.21. The Bertz CT molecular complexity index is 775. The highest BCUT2D eigenvalue weighted by Crippen LogP contribution is 2.39. The van der Waals surface area contributed by atoms with Crippen molar-refractivity contribution in [2.45, 2.75) is 17.2 Å². The molecule has 0 heterocycles. The van der Waals surface area contributed by atoms with Gasteiger partial charge in [0.25, 0.3) is 0 Å². The second-order valence-electron chi connectivity index (χ2n) is 4.56. The molecular formula is C14H8BrF6NOS. The third kappa shape index (κ3) is 4.29. The molecule has 2 aromatic rings. The lowest BCUT2D eigenvalue weighted by atomic mass is 10.1. The molecule has 0 aliphatic carbocycles. The van der Waals surface area contributed by atoms with Gasteiger partial charge in [0.15, 0.2) is 11.0 Å². The van der Waals surface area contributed by atoms with E-state index < -0.39 is 40.2 Å². The lowest BCUT2D eigenvalue weighted by molar-refractivity contribution is -0.140. The Kier molecular flexibility index (Phi) is 5.28. The molecule has 0 saturated heterocycles. The van der Waals surface area contributed by atoms with Gasteiger partial charge in [0.2, 0.25) is 0 Å². The summed E-state index contributed by atoms with van der Waals surface area (Å²) in [5.41, 5.74) is -3.52. The first-order chi connectivity index (χ1) is 11.0. The van der Waals surface area contributed by atoms with E-state index in [1.54, 1.807) is 6.07 Å². The van der Waals surface area contributed by atoms with E-state index in [9.17, 15) is 30.6 Å². The van der Waals surface area contributed by atoms with Gasteiger partial charge in [0.05, 0.1) is 21.7 Å². The standard InChI is InChI=1S/C14H8BrF6NOS/c15-10-3-1-2-4-12(10)24(23)22-11-7-8(13(16,17)18)5-6-9(11)14(19,20)21/h1-7,22H/t24-/m1/s1. The highest BCUT2D eigenvalue weighted by Gasteiger charge is 2.37. The van der Waals surface area contributed by atoms with Crippen LogP contribution in [0, 0.1) is 0 Å². The van der Waals surface area contributed by atoms with E-state index in [0.29, 0.717) is 16.6 Å². The number of nitrogens with one attached hydrogen (secondary N) is 1. The smallest absolute Gasteiger partial charge is 0.300 e. The van der Waals surface area contributed by atoms with Crippen molar-refractivity contribution in [3.8, 4) is 0 Å². The number of rotatable bonds is 3. The Labute approximate surface area is 143 Å². The summed E-state index contributed by atoms with van der Waals surface area (Å²) in [6.07, 6.45) is -9.72. The second kappa shape index (κ2) is 6.75. The van der Waals surface area contributed by atoms with Crippen molar-refractivity contribution in [3.63, 3.8) is 0 Å². The van der Waals surface area contributed by atoms with Crippen molar-refractivity contribution in [3.05, 3.63) is 58.1 Å². The lowest BCUT2D eigenvalue weighted by Gasteiger charge is -2.17. The summed E-state index contributed by atoms with van der Waals surface area (Å²) in [7, 11) is -2.19. The molecule has 24 heavy (non-hydrogen) atoms. The van der Waals surface area contributed by atoms with Crippen molar-refractivity contribution in [2.75, 3.05) is 4.72 Å². The molecule has 0 aliphatic heterocycles. The van der Waals surface area contributed by atoms with Crippen LogP contribution in [0.4, 0.5) is 32.0 Å². The first kappa shape index (κ1) is 18.8. The summed E-state index contributed by atoms with van der Waals surface area (Å²) >= 11 is 3.08. The summed E-state index contributed by atoms with van der Waals surface area (Å²) < 4.78 is 91.7. The molecule has 10 heteroatoms. The quantitative estimate of drug-likeness (QED) is 0.627. The molecule has 0 bridgehead atoms. The number of benzene rings is 2. The van der Waals surface area contributed by atoms with Crippen molar-refractivity contribution >= 4 is 32.6 Å². The Balaban J connectivity index is 2.47. The molecule has 0 aliphatic rings. The van der Waals surface area contributed by atoms with E-state index in [1.165, 1.54) is 18.2 Å². The van der Waals surface area contributed by atoms with Gasteiger partial charge in [-0.1, -0.05) is 12.1 Å². The van der Waals surface area contributed by atoms with Crippen LogP contribution in [0.3, 0.4) is 0 Å². The summed E-state index contributed by atoms with van der Waals surface area (Å²) in [6, 6.07) is 6.89. The monoisotopic (exact) mass is 431 g/mol. The number of hydrogen-bond acceptors (Lipinski definition) is 1. The highest BCUT2D eigenvalue weighted by atomic mass is 79.9. The second-order valence-corrected chi connectivity index (χ2v) is 6.59. The SMILES string of the molecule is O=[S@@](Nc1cc(C(F)(F)F)ccc1C(F)(F)F)c1ccccc1Br. The van der Waals surface area contributed by atoms with Crippen LogP contribution in [0.5, 0.6) is 0 Å². The van der Waals surface area contributed by atoms with E-state index in [1.807, 2.05) is 4.72 Å². The predicted molar refractivity (Wildman–Crippen MR) is 80.6 cm³/mol. The third-order valence-corrected chi connectivity index (χ3v) is 5.01. The molecule has 2 nitrogen and oxygen atoms in total. The average Bonchev–Trinajstić information content (AvgIpc) is 2.45. The van der Waals surface area contributed by atoms with Crippen LogP contribution in [-0.2, 0) is 23.3 Å². The zero-order valence-corrected chi connectivity index (χ0v) is 13.9. The molecule has 1 N–H and O–H groups in total. The van der Waals surface area contributed by atoms with Crippen LogP contribution in [0.1, 0.15) is 11.1 Å². The predicted octanol–water partition coefficient (Wildman–Crippen LogP) is 5.62. The highest BCUT2D eigenvalue weighted by molar-refractivity contribution is 9.10. The van der Waals surface area contributed by atoms with Gasteiger partial charge in [-0.2, -0.15) is 26.3 Å². The van der Waals surface area contributed by atoms with Crippen molar-refractivity contribution in [1.82, 2.24) is 0 Å². The van der Waals surface area contributed by atoms with Gasteiger partial charge in [-0.05, 0) is 46.3 Å². The minimum absolute atomic E-state index is 0.100. The summed E-state index contributed by atoms with van der Waals surface area (Å²) in [5, 5.41) is 0. The van der Waals surface area contributed by atoms with Gasteiger partial charge in [-0.25, -0.2) is 4.21 Å². The van der Waals surface area contributed by atoms with Crippen LogP contribution in [0.2, 0.25) is 0 Å². The zero-order valence-electron chi connectivity index (χ0n) is 11.5. The zero-order chi connectivity index (χ0) is 18.1. The molecule has 0 aromatic heterocycles. The fourth-order valence-corrected chi connectivity index (χ4v) is 3.45. The van der Waals surface area contributed by atoms with Gasteiger partial charge >= 0.3 is 12.4 Å². The van der Waals surface area contributed by atoms with Crippen LogP contribution in [0.25, 0.3) is 0 Å². The maximum Gasteiger partial charge on any atom is 0.418 e. The van der Waals surface area contributed by atoms with Crippen molar-refractivity contribution < 1.29 is 30.6 Å². The number of anilines is 1. The summed E-state index contributed by atoms with van der Waals surface area (Å²) in [4.78, 5) is 0.100. The van der Waals surface area contributed by atoms with E-state index >= 15 is 0 Å². The number of alkyl halides is 6. The average molecular weight is 432 g/mol. The Morgan fingerprint density at radius 1 is 0.917 bits per heavy atom. The summed E-state index contributed by atoms with van der Waals surface area (Å²) in [6.45, 7) is 0. The molecule has 1 atom stereocenters. The first-order valence-corrected chi connectivity index (χ1v) is 8.16. The Morgan fingerprint density at radius 2 is 1.54 bits per heavy atom. The molecule has 2 rings (SSSR count). The molecule has 0 unspecified atom stereocenters. The van der Waals surface area contributed by atoms with Crippen molar-refractivity contribution in [1.29, 1.82) is 0 Å². The lowest BCUT2D eigenvalue weighted by Crippen LogP contribution is -2.15. The van der Waals surface area contributed by atoms with Gasteiger partial charge in [-0.3, -0.25) is 0 Å². The Hall–Kier alpha value is -1.55. The molecule has 0 spiro atoms. The molecular weight excluding hydrogens is 424 g/mol. The fraction of sp³-hybridized carbons (Fsp3) is 0.143. The largest absolute Gasteiger partial charge is 0.418 e. The maximum absolute atomic E-state index is 13.0. The van der Waals surface area contributed by atoms with Gasteiger partial charge in [0, 0.05) is 4.47 Å².